The predicted molar refractivity (Wildman–Crippen MR) is 149 cm³/mol. The monoisotopic (exact) mass is 563 g/mol. The highest BCUT2D eigenvalue weighted by Gasteiger charge is 2.24. The van der Waals surface area contributed by atoms with Crippen LogP contribution in [0.1, 0.15) is 31.7 Å². The number of nitrogens with one attached hydrogen (secondary N) is 1. The third-order valence-corrected chi connectivity index (χ3v) is 7.51. The Balaban J connectivity index is 1.33. The molecule has 0 spiro atoms. The van der Waals surface area contributed by atoms with Crippen molar-refractivity contribution >= 4 is 17.3 Å². The number of nitrogens with zero attached hydrogens (tertiary/aromatic N) is 6. The number of aliphatic hydroxyl groups excluding tert-OH is 1. The number of hydrogen-bond donors (Lipinski definition) is 2. The molecule has 0 aliphatic carbocycles. The van der Waals surface area contributed by atoms with Crippen molar-refractivity contribution in [3.63, 3.8) is 0 Å². The van der Waals surface area contributed by atoms with E-state index >= 15 is 0 Å². The fraction of sp³-hybridized carbons (Fsp3) is 0.379. The first-order valence-electron chi connectivity index (χ1n) is 13.7. The van der Waals surface area contributed by atoms with Gasteiger partial charge in [0.1, 0.15) is 22.9 Å². The second kappa shape index (κ2) is 11.8. The number of rotatable bonds is 7. The number of β-amino-alcohol motifs (C(OH)–C–C–N with tert-alkyl or cyclic N) is 1. The first-order valence-corrected chi connectivity index (χ1v) is 13.7. The summed E-state index contributed by atoms with van der Waals surface area (Å²) in [6.45, 7) is 2.74. The van der Waals surface area contributed by atoms with Gasteiger partial charge in [0.05, 0.1) is 31.1 Å². The van der Waals surface area contributed by atoms with Crippen molar-refractivity contribution in [2.75, 3.05) is 43.6 Å². The van der Waals surface area contributed by atoms with Crippen molar-refractivity contribution in [2.24, 2.45) is 0 Å². The highest BCUT2D eigenvalue weighted by Crippen LogP contribution is 2.36. The summed E-state index contributed by atoms with van der Waals surface area (Å²) in [7, 11) is 1.37. The molecule has 10 nitrogen and oxygen atoms in total. The lowest BCUT2D eigenvalue weighted by atomic mass is 10.0. The molecule has 0 saturated carbocycles. The SMILES string of the molecule is COc1ccc(F)c(F)c1-c1nccc(Nc2cc(N3CCC[C@H](O)C3)c(-c3cnn(C4CCOCC4)c3)cn2)n1. The zero-order valence-corrected chi connectivity index (χ0v) is 22.6. The molecule has 1 atom stereocenters. The minimum absolute atomic E-state index is 0.0274. The molecule has 3 aromatic heterocycles. The Morgan fingerprint density at radius 1 is 1.07 bits per heavy atom. The molecule has 5 heterocycles. The molecule has 2 aliphatic rings. The lowest BCUT2D eigenvalue weighted by Gasteiger charge is -2.33. The quantitative estimate of drug-likeness (QED) is 0.329. The van der Waals surface area contributed by atoms with Gasteiger partial charge in [-0.3, -0.25) is 4.68 Å². The Hall–Kier alpha value is -4.16. The van der Waals surface area contributed by atoms with E-state index in [0.29, 0.717) is 24.2 Å². The summed E-state index contributed by atoms with van der Waals surface area (Å²) < 4.78 is 41.4. The number of hydrogen-bond acceptors (Lipinski definition) is 9. The van der Waals surface area contributed by atoms with Gasteiger partial charge < -0.3 is 24.8 Å². The van der Waals surface area contributed by atoms with Gasteiger partial charge >= 0.3 is 0 Å². The molecule has 2 aliphatic heterocycles. The lowest BCUT2D eigenvalue weighted by Crippen LogP contribution is -2.38. The minimum Gasteiger partial charge on any atom is -0.496 e. The highest BCUT2D eigenvalue weighted by atomic mass is 19.2. The Morgan fingerprint density at radius 2 is 1.93 bits per heavy atom. The second-order valence-electron chi connectivity index (χ2n) is 10.2. The van der Waals surface area contributed by atoms with E-state index in [1.165, 1.54) is 19.4 Å². The number of halogens is 2. The molecule has 41 heavy (non-hydrogen) atoms. The number of benzene rings is 1. The first kappa shape index (κ1) is 27.0. The molecule has 214 valence electrons. The normalized spacial score (nSPS) is 18.0. The van der Waals surface area contributed by atoms with Crippen LogP contribution >= 0.6 is 0 Å². The molecule has 2 fully saturated rings. The number of aromatic nitrogens is 5. The minimum atomic E-state index is -1.09. The van der Waals surface area contributed by atoms with Crippen LogP contribution in [0.5, 0.6) is 5.75 Å². The number of methoxy groups -OCH3 is 1. The van der Waals surface area contributed by atoms with Crippen molar-refractivity contribution in [2.45, 2.75) is 37.8 Å². The number of pyridine rings is 1. The molecule has 0 radical (unpaired) electrons. The summed E-state index contributed by atoms with van der Waals surface area (Å²) in [5.41, 5.74) is 2.57. The van der Waals surface area contributed by atoms with Gasteiger partial charge in [-0.15, -0.1) is 0 Å². The maximum Gasteiger partial charge on any atom is 0.173 e. The van der Waals surface area contributed by atoms with Gasteiger partial charge in [0, 0.05) is 62.1 Å². The number of aliphatic hydroxyl groups is 1. The smallest absolute Gasteiger partial charge is 0.173 e. The van der Waals surface area contributed by atoms with Crippen LogP contribution < -0.4 is 15.0 Å². The molecule has 0 amide bonds. The number of anilines is 3. The zero-order chi connectivity index (χ0) is 28.3. The van der Waals surface area contributed by atoms with E-state index in [1.54, 1.807) is 12.3 Å². The summed E-state index contributed by atoms with van der Waals surface area (Å²) >= 11 is 0. The first-order chi connectivity index (χ1) is 20.0. The van der Waals surface area contributed by atoms with Gasteiger partial charge in [0.25, 0.3) is 0 Å². The Morgan fingerprint density at radius 3 is 2.73 bits per heavy atom. The fourth-order valence-corrected chi connectivity index (χ4v) is 5.39. The standard InChI is InChI=1S/C29H31F2N7O3/c1-40-24-5-4-22(30)28(31)27(24)29-32-9-6-25(36-29)35-26-13-23(37-10-2-3-20(39)17-37)21(15-33-26)18-14-34-38(16-18)19-7-11-41-12-8-19/h4-6,9,13-16,19-20,39H,2-3,7-8,10-12,17H2,1H3,(H,32,33,35,36)/t20-/m0/s1. The molecule has 1 aromatic carbocycles. The Labute approximate surface area is 236 Å². The van der Waals surface area contributed by atoms with Gasteiger partial charge in [-0.25, -0.2) is 23.7 Å². The van der Waals surface area contributed by atoms with Crippen LogP contribution in [0.25, 0.3) is 22.5 Å². The van der Waals surface area contributed by atoms with Crippen molar-refractivity contribution in [3.05, 3.63) is 60.7 Å². The molecule has 12 heteroatoms. The molecule has 6 rings (SSSR count). The molecule has 2 saturated heterocycles. The molecule has 0 unspecified atom stereocenters. The van der Waals surface area contributed by atoms with Crippen molar-refractivity contribution in [1.82, 2.24) is 24.7 Å². The van der Waals surface area contributed by atoms with Gasteiger partial charge in [0.2, 0.25) is 0 Å². The van der Waals surface area contributed by atoms with Gasteiger partial charge in [0.15, 0.2) is 17.5 Å². The van der Waals surface area contributed by atoms with Crippen LogP contribution in [-0.2, 0) is 4.74 Å². The van der Waals surface area contributed by atoms with E-state index < -0.39 is 17.7 Å². The van der Waals surface area contributed by atoms with E-state index in [4.69, 9.17) is 9.47 Å². The molecular formula is C29H31F2N7O3. The van der Waals surface area contributed by atoms with Crippen molar-refractivity contribution in [1.29, 1.82) is 0 Å². The topological polar surface area (TPSA) is 110 Å². The van der Waals surface area contributed by atoms with Crippen LogP contribution in [-0.4, -0.2) is 69.4 Å². The maximum atomic E-state index is 14.7. The summed E-state index contributed by atoms with van der Waals surface area (Å²) in [4.78, 5) is 15.3. The summed E-state index contributed by atoms with van der Waals surface area (Å²) in [5.74, 6) is -1.17. The molecular weight excluding hydrogens is 532 g/mol. The largest absolute Gasteiger partial charge is 0.496 e. The van der Waals surface area contributed by atoms with E-state index in [1.807, 2.05) is 23.1 Å². The lowest BCUT2D eigenvalue weighted by molar-refractivity contribution is 0.0662. The third kappa shape index (κ3) is 5.70. The predicted octanol–water partition coefficient (Wildman–Crippen LogP) is 4.75. The van der Waals surface area contributed by atoms with Crippen LogP contribution in [0, 0.1) is 11.6 Å². The maximum absolute atomic E-state index is 14.7. The highest BCUT2D eigenvalue weighted by molar-refractivity contribution is 5.80. The average Bonchev–Trinajstić information content (AvgIpc) is 3.49. The van der Waals surface area contributed by atoms with E-state index in [9.17, 15) is 13.9 Å². The van der Waals surface area contributed by atoms with E-state index in [-0.39, 0.29) is 17.1 Å². The number of piperidine rings is 1. The van der Waals surface area contributed by atoms with Crippen LogP contribution in [0.4, 0.5) is 26.1 Å². The fourth-order valence-electron chi connectivity index (χ4n) is 5.39. The summed E-state index contributed by atoms with van der Waals surface area (Å²) in [5, 5.41) is 18.2. The summed E-state index contributed by atoms with van der Waals surface area (Å²) in [6.07, 6.45) is 10.2. The molecule has 0 bridgehead atoms. The van der Waals surface area contributed by atoms with Crippen LogP contribution in [0.2, 0.25) is 0 Å². The van der Waals surface area contributed by atoms with Crippen LogP contribution in [0.15, 0.2) is 49.1 Å². The van der Waals surface area contributed by atoms with Crippen molar-refractivity contribution < 1.29 is 23.4 Å². The summed E-state index contributed by atoms with van der Waals surface area (Å²) in [6, 6.07) is 6.15. The molecule has 4 aromatic rings. The van der Waals surface area contributed by atoms with Crippen LogP contribution in [0.3, 0.4) is 0 Å². The number of ether oxygens (including phenoxy) is 2. The van der Waals surface area contributed by atoms with E-state index in [2.05, 4.69) is 30.3 Å². The van der Waals surface area contributed by atoms with Gasteiger partial charge in [-0.2, -0.15) is 5.10 Å². The average molecular weight is 564 g/mol. The Bertz CT molecular complexity index is 1530. The Kier molecular flexibility index (Phi) is 7.75. The van der Waals surface area contributed by atoms with Crippen molar-refractivity contribution in [3.8, 4) is 28.3 Å². The van der Waals surface area contributed by atoms with Gasteiger partial charge in [-0.1, -0.05) is 0 Å². The van der Waals surface area contributed by atoms with Gasteiger partial charge in [-0.05, 0) is 43.9 Å². The zero-order valence-electron chi connectivity index (χ0n) is 22.6. The second-order valence-corrected chi connectivity index (χ2v) is 10.2. The van der Waals surface area contributed by atoms with E-state index in [0.717, 1.165) is 68.3 Å². The molecule has 2 N–H and O–H groups in total. The third-order valence-electron chi connectivity index (χ3n) is 7.51.